The molecule has 0 aliphatic rings. The monoisotopic (exact) mass is 264 g/mol. The van der Waals surface area contributed by atoms with Crippen molar-refractivity contribution in [1.82, 2.24) is 0 Å². The Morgan fingerprint density at radius 3 is 2.42 bits per heavy atom. The number of phenols is 1. The van der Waals surface area contributed by atoms with E-state index in [4.69, 9.17) is 4.74 Å². The average molecular weight is 264 g/mol. The molecular formula is C16H24O3. The lowest BCUT2D eigenvalue weighted by atomic mass is 9.82. The quantitative estimate of drug-likeness (QED) is 0.847. The van der Waals surface area contributed by atoms with E-state index in [9.17, 15) is 9.90 Å². The number of phenolic OH excluding ortho intramolecular Hbond substituents is 1. The molecule has 0 radical (unpaired) electrons. The predicted octanol–water partition coefficient (Wildman–Crippen LogP) is 3.66. The molecule has 1 rings (SSSR count). The number of rotatable bonds is 3. The topological polar surface area (TPSA) is 46.5 Å². The fourth-order valence-corrected chi connectivity index (χ4v) is 2.03. The summed E-state index contributed by atoms with van der Waals surface area (Å²) in [6.45, 7) is 12.0. The summed E-state index contributed by atoms with van der Waals surface area (Å²) in [6, 6.07) is 3.76. The summed E-state index contributed by atoms with van der Waals surface area (Å²) in [5.74, 6) is -0.236. The van der Waals surface area contributed by atoms with Gasteiger partial charge in [-0.05, 0) is 42.9 Å². The highest BCUT2D eigenvalue weighted by atomic mass is 16.5. The van der Waals surface area contributed by atoms with Gasteiger partial charge >= 0.3 is 5.97 Å². The maximum absolute atomic E-state index is 11.8. The minimum atomic E-state index is -0.319. The van der Waals surface area contributed by atoms with Gasteiger partial charge in [0.15, 0.2) is 0 Å². The fourth-order valence-electron chi connectivity index (χ4n) is 2.03. The van der Waals surface area contributed by atoms with Crippen molar-refractivity contribution in [2.24, 2.45) is 0 Å². The summed E-state index contributed by atoms with van der Waals surface area (Å²) < 4.78 is 5.05. The average Bonchev–Trinajstić information content (AvgIpc) is 2.30. The van der Waals surface area contributed by atoms with E-state index >= 15 is 0 Å². The van der Waals surface area contributed by atoms with Crippen molar-refractivity contribution in [2.75, 3.05) is 6.61 Å². The number of carbonyl (C=O) groups is 1. The highest BCUT2D eigenvalue weighted by molar-refractivity contribution is 5.78. The lowest BCUT2D eigenvalue weighted by Gasteiger charge is -2.23. The molecule has 0 aromatic heterocycles. The lowest BCUT2D eigenvalue weighted by molar-refractivity contribution is -0.144. The summed E-state index contributed by atoms with van der Waals surface area (Å²) in [4.78, 5) is 11.8. The van der Waals surface area contributed by atoms with Gasteiger partial charge < -0.3 is 9.84 Å². The van der Waals surface area contributed by atoms with Crippen molar-refractivity contribution >= 4 is 5.97 Å². The summed E-state index contributed by atoms with van der Waals surface area (Å²) in [7, 11) is 0. The highest BCUT2D eigenvalue weighted by Crippen LogP contribution is 2.36. The Morgan fingerprint density at radius 2 is 1.95 bits per heavy atom. The minimum Gasteiger partial charge on any atom is -0.507 e. The van der Waals surface area contributed by atoms with Crippen LogP contribution in [-0.2, 0) is 14.9 Å². The zero-order valence-corrected chi connectivity index (χ0v) is 12.7. The molecule has 0 saturated heterocycles. The van der Waals surface area contributed by atoms with Gasteiger partial charge in [-0.15, -0.1) is 0 Å². The number of esters is 1. The molecule has 0 bridgehead atoms. The molecule has 3 heteroatoms. The number of ether oxygens (including phenoxy) is 1. The number of hydrogen-bond acceptors (Lipinski definition) is 3. The standard InChI is InChI=1S/C16H24O3/c1-7-19-15(18)11(3)12-8-10(2)14(17)13(9-12)16(4,5)6/h8-9,11,17H,7H2,1-6H3. The first-order chi connectivity index (χ1) is 8.68. The molecule has 1 unspecified atom stereocenters. The van der Waals surface area contributed by atoms with E-state index in [-0.39, 0.29) is 17.3 Å². The first-order valence-electron chi connectivity index (χ1n) is 6.69. The van der Waals surface area contributed by atoms with Crippen LogP contribution in [0.1, 0.15) is 57.2 Å². The molecule has 1 atom stereocenters. The SMILES string of the molecule is CCOC(=O)C(C)c1cc(C)c(O)c(C(C)(C)C)c1. The molecule has 1 N–H and O–H groups in total. The second-order valence-electron chi connectivity index (χ2n) is 5.96. The molecule has 1 aromatic rings. The maximum atomic E-state index is 11.8. The van der Waals surface area contributed by atoms with Crippen molar-refractivity contribution in [3.63, 3.8) is 0 Å². The maximum Gasteiger partial charge on any atom is 0.313 e. The molecule has 1 aromatic carbocycles. The van der Waals surface area contributed by atoms with E-state index in [1.54, 1.807) is 6.92 Å². The van der Waals surface area contributed by atoms with Crippen molar-refractivity contribution in [1.29, 1.82) is 0 Å². The van der Waals surface area contributed by atoms with Crippen LogP contribution in [0.2, 0.25) is 0 Å². The van der Waals surface area contributed by atoms with Gasteiger partial charge in [-0.2, -0.15) is 0 Å². The molecule has 0 aliphatic carbocycles. The van der Waals surface area contributed by atoms with Gasteiger partial charge in [0.25, 0.3) is 0 Å². The molecule has 0 spiro atoms. The Balaban J connectivity index is 3.24. The van der Waals surface area contributed by atoms with Gasteiger partial charge in [0.1, 0.15) is 5.75 Å². The van der Waals surface area contributed by atoms with Crippen LogP contribution >= 0.6 is 0 Å². The van der Waals surface area contributed by atoms with Crippen LogP contribution in [0.15, 0.2) is 12.1 Å². The Hall–Kier alpha value is -1.51. The molecular weight excluding hydrogens is 240 g/mol. The van der Waals surface area contributed by atoms with Gasteiger partial charge in [0, 0.05) is 0 Å². The van der Waals surface area contributed by atoms with Gasteiger partial charge in [-0.1, -0.05) is 32.9 Å². The Labute approximate surface area is 115 Å². The number of aromatic hydroxyl groups is 1. The smallest absolute Gasteiger partial charge is 0.313 e. The van der Waals surface area contributed by atoms with Gasteiger partial charge in [-0.25, -0.2) is 0 Å². The zero-order chi connectivity index (χ0) is 14.8. The lowest BCUT2D eigenvalue weighted by Crippen LogP contribution is -2.16. The van der Waals surface area contributed by atoms with Crippen LogP contribution in [0, 0.1) is 6.92 Å². The number of aryl methyl sites for hydroxylation is 1. The molecule has 0 saturated carbocycles. The molecule has 0 amide bonds. The fraction of sp³-hybridized carbons (Fsp3) is 0.562. The third kappa shape index (κ3) is 3.49. The van der Waals surface area contributed by atoms with Crippen LogP contribution in [0.3, 0.4) is 0 Å². The van der Waals surface area contributed by atoms with Crippen LogP contribution in [0.5, 0.6) is 5.75 Å². The van der Waals surface area contributed by atoms with E-state index in [1.807, 2.05) is 46.8 Å². The van der Waals surface area contributed by atoms with Gasteiger partial charge in [0.2, 0.25) is 0 Å². The first kappa shape index (κ1) is 15.5. The number of carbonyl (C=O) groups excluding carboxylic acids is 1. The highest BCUT2D eigenvalue weighted by Gasteiger charge is 2.24. The molecule has 0 aliphatic heterocycles. The summed E-state index contributed by atoms with van der Waals surface area (Å²) in [5.41, 5.74) is 2.37. The van der Waals surface area contributed by atoms with E-state index in [2.05, 4.69) is 0 Å². The third-order valence-corrected chi connectivity index (χ3v) is 3.27. The second kappa shape index (κ2) is 5.64. The van der Waals surface area contributed by atoms with E-state index in [0.29, 0.717) is 12.4 Å². The summed E-state index contributed by atoms with van der Waals surface area (Å²) in [6.07, 6.45) is 0. The Bertz CT molecular complexity index is 470. The first-order valence-corrected chi connectivity index (χ1v) is 6.69. The van der Waals surface area contributed by atoms with E-state index in [1.165, 1.54) is 0 Å². The van der Waals surface area contributed by atoms with Crippen molar-refractivity contribution in [3.05, 3.63) is 28.8 Å². The largest absolute Gasteiger partial charge is 0.507 e. The van der Waals surface area contributed by atoms with Crippen LogP contribution < -0.4 is 0 Å². The van der Waals surface area contributed by atoms with Gasteiger partial charge in [0.05, 0.1) is 12.5 Å². The number of hydrogen-bond donors (Lipinski definition) is 1. The molecule has 0 heterocycles. The van der Waals surface area contributed by atoms with Crippen molar-refractivity contribution < 1.29 is 14.6 Å². The van der Waals surface area contributed by atoms with Crippen LogP contribution in [0.25, 0.3) is 0 Å². The van der Waals surface area contributed by atoms with Crippen LogP contribution in [0.4, 0.5) is 0 Å². The minimum absolute atomic E-state index is 0.167. The summed E-state index contributed by atoms with van der Waals surface area (Å²) in [5, 5.41) is 10.2. The van der Waals surface area contributed by atoms with Crippen molar-refractivity contribution in [3.8, 4) is 5.75 Å². The third-order valence-electron chi connectivity index (χ3n) is 3.27. The normalized spacial score (nSPS) is 13.2. The summed E-state index contributed by atoms with van der Waals surface area (Å²) >= 11 is 0. The molecule has 106 valence electrons. The zero-order valence-electron chi connectivity index (χ0n) is 12.7. The number of benzene rings is 1. The molecule has 3 nitrogen and oxygen atoms in total. The van der Waals surface area contributed by atoms with Crippen molar-refractivity contribution in [2.45, 2.75) is 52.9 Å². The van der Waals surface area contributed by atoms with E-state index in [0.717, 1.165) is 16.7 Å². The molecule has 0 fully saturated rings. The van der Waals surface area contributed by atoms with E-state index < -0.39 is 0 Å². The Kier molecular flexibility index (Phi) is 4.61. The second-order valence-corrected chi connectivity index (χ2v) is 5.96. The van der Waals surface area contributed by atoms with Crippen LogP contribution in [-0.4, -0.2) is 17.7 Å². The predicted molar refractivity (Wildman–Crippen MR) is 76.6 cm³/mol. The molecule has 19 heavy (non-hydrogen) atoms. The Morgan fingerprint density at radius 1 is 1.37 bits per heavy atom. The van der Waals surface area contributed by atoms with Gasteiger partial charge in [-0.3, -0.25) is 4.79 Å².